The average Bonchev–Trinajstić information content (AvgIpc) is 2.41. The van der Waals surface area contributed by atoms with Crippen LogP contribution in [0.25, 0.3) is 0 Å². The molecule has 4 bridgehead atoms. The standard InChI is InChI=1S/C12H19N3O/c1-10-6-14-3-4-15(7-10)9-11(2,8-14)12(10,16)5-13/h16H,3-4,6-9H2,1-2H3. The fourth-order valence-electron chi connectivity index (χ4n) is 4.24. The second-order valence-corrected chi connectivity index (χ2v) is 6.36. The van der Waals surface area contributed by atoms with Crippen LogP contribution in [0, 0.1) is 22.2 Å². The third-order valence-electron chi connectivity index (χ3n) is 4.93. The summed E-state index contributed by atoms with van der Waals surface area (Å²) in [6, 6.07) is 2.23. The number of aliphatic hydroxyl groups is 1. The van der Waals surface area contributed by atoms with Crippen LogP contribution >= 0.6 is 0 Å². The van der Waals surface area contributed by atoms with Gasteiger partial charge >= 0.3 is 0 Å². The smallest absolute Gasteiger partial charge is 0.166 e. The molecule has 4 aliphatic heterocycles. The lowest BCUT2D eigenvalue weighted by Gasteiger charge is -2.61. The van der Waals surface area contributed by atoms with Crippen molar-refractivity contribution in [2.45, 2.75) is 19.4 Å². The molecule has 0 atom stereocenters. The zero-order chi connectivity index (χ0) is 11.6. The predicted molar refractivity (Wildman–Crippen MR) is 59.7 cm³/mol. The molecule has 16 heavy (non-hydrogen) atoms. The average molecular weight is 221 g/mol. The summed E-state index contributed by atoms with van der Waals surface area (Å²) in [6.45, 7) is 9.69. The van der Waals surface area contributed by atoms with Crippen LogP contribution in [0.5, 0.6) is 0 Å². The third-order valence-corrected chi connectivity index (χ3v) is 4.93. The van der Waals surface area contributed by atoms with Crippen LogP contribution in [0.1, 0.15) is 13.8 Å². The monoisotopic (exact) mass is 221 g/mol. The second-order valence-electron chi connectivity index (χ2n) is 6.36. The zero-order valence-electron chi connectivity index (χ0n) is 10.0. The van der Waals surface area contributed by atoms with Crippen LogP contribution in [0.2, 0.25) is 0 Å². The SMILES string of the molecule is CC12CN3CCN(C1)CC(C)(C3)C2(O)C#N. The molecule has 0 unspecified atom stereocenters. The molecule has 4 nitrogen and oxygen atoms in total. The minimum absolute atomic E-state index is 0.302. The number of hydrogen-bond donors (Lipinski definition) is 1. The van der Waals surface area contributed by atoms with Crippen molar-refractivity contribution in [1.82, 2.24) is 9.80 Å². The third kappa shape index (κ3) is 0.994. The van der Waals surface area contributed by atoms with E-state index in [2.05, 4.69) is 29.7 Å². The molecule has 0 aromatic rings. The van der Waals surface area contributed by atoms with Gasteiger partial charge in [-0.15, -0.1) is 0 Å². The first-order valence-corrected chi connectivity index (χ1v) is 6.01. The number of rotatable bonds is 0. The van der Waals surface area contributed by atoms with Gasteiger partial charge < -0.3 is 14.9 Å². The summed E-state index contributed by atoms with van der Waals surface area (Å²) < 4.78 is 0. The van der Waals surface area contributed by atoms with Gasteiger partial charge in [0.1, 0.15) is 0 Å². The van der Waals surface area contributed by atoms with Crippen molar-refractivity contribution >= 4 is 0 Å². The number of piperidine rings is 2. The molecule has 4 heteroatoms. The van der Waals surface area contributed by atoms with Crippen molar-refractivity contribution < 1.29 is 5.11 Å². The van der Waals surface area contributed by atoms with Gasteiger partial charge in [0.2, 0.25) is 0 Å². The van der Waals surface area contributed by atoms with E-state index in [1.807, 2.05) is 0 Å². The Balaban J connectivity index is 2.15. The molecule has 1 N–H and O–H groups in total. The second kappa shape index (κ2) is 2.79. The van der Waals surface area contributed by atoms with Crippen molar-refractivity contribution in [1.29, 1.82) is 5.26 Å². The molecule has 4 saturated heterocycles. The summed E-state index contributed by atoms with van der Waals surface area (Å²) in [5.41, 5.74) is -1.77. The minimum atomic E-state index is -1.17. The molecule has 88 valence electrons. The van der Waals surface area contributed by atoms with E-state index in [4.69, 9.17) is 0 Å². The van der Waals surface area contributed by atoms with E-state index in [0.717, 1.165) is 39.3 Å². The zero-order valence-corrected chi connectivity index (χ0v) is 10.0. The minimum Gasteiger partial charge on any atom is -0.374 e. The van der Waals surface area contributed by atoms with Crippen molar-refractivity contribution in [3.63, 3.8) is 0 Å². The molecule has 4 rings (SSSR count). The van der Waals surface area contributed by atoms with Crippen LogP contribution in [0.4, 0.5) is 0 Å². The van der Waals surface area contributed by atoms with E-state index in [1.165, 1.54) is 0 Å². The summed E-state index contributed by atoms with van der Waals surface area (Å²) in [6.07, 6.45) is 0. The van der Waals surface area contributed by atoms with Gasteiger partial charge in [-0.3, -0.25) is 0 Å². The highest BCUT2D eigenvalue weighted by atomic mass is 16.3. The number of nitriles is 1. The maximum atomic E-state index is 10.8. The summed E-state index contributed by atoms with van der Waals surface area (Å²) in [5, 5.41) is 20.3. The van der Waals surface area contributed by atoms with Gasteiger partial charge in [-0.25, -0.2) is 0 Å². The largest absolute Gasteiger partial charge is 0.374 e. The summed E-state index contributed by atoms with van der Waals surface area (Å²) in [4.78, 5) is 4.83. The molecule has 4 heterocycles. The van der Waals surface area contributed by atoms with Gasteiger partial charge in [0.05, 0.1) is 6.07 Å². The van der Waals surface area contributed by atoms with Gasteiger partial charge in [0.25, 0.3) is 0 Å². The molecule has 0 aromatic carbocycles. The summed E-state index contributed by atoms with van der Waals surface area (Å²) in [5.74, 6) is 0. The maximum absolute atomic E-state index is 10.8. The van der Waals surface area contributed by atoms with Crippen molar-refractivity contribution in [2.24, 2.45) is 10.8 Å². The summed E-state index contributed by atoms with van der Waals surface area (Å²) in [7, 11) is 0. The van der Waals surface area contributed by atoms with Gasteiger partial charge in [0, 0.05) is 50.1 Å². The number of hydrogen-bond acceptors (Lipinski definition) is 4. The lowest BCUT2D eigenvalue weighted by Crippen LogP contribution is -2.74. The Morgan fingerprint density at radius 2 is 1.38 bits per heavy atom. The molecule has 0 aromatic heterocycles. The first kappa shape index (κ1) is 10.5. The van der Waals surface area contributed by atoms with Gasteiger partial charge in [-0.2, -0.15) is 5.26 Å². The normalized spacial score (nSPS) is 59.4. The molecule has 0 spiro atoms. The Kier molecular flexibility index (Phi) is 1.83. The van der Waals surface area contributed by atoms with E-state index in [1.54, 1.807) is 0 Å². The highest BCUT2D eigenvalue weighted by Crippen LogP contribution is 2.53. The van der Waals surface area contributed by atoms with E-state index in [0.29, 0.717) is 0 Å². The highest BCUT2D eigenvalue weighted by Gasteiger charge is 2.67. The van der Waals surface area contributed by atoms with Crippen molar-refractivity contribution in [3.8, 4) is 6.07 Å². The first-order chi connectivity index (χ1) is 7.42. The van der Waals surface area contributed by atoms with Gasteiger partial charge in [-0.1, -0.05) is 13.8 Å². The molecular formula is C12H19N3O. The highest BCUT2D eigenvalue weighted by molar-refractivity contribution is 5.26. The van der Waals surface area contributed by atoms with E-state index >= 15 is 0 Å². The molecule has 4 aliphatic rings. The summed E-state index contributed by atoms with van der Waals surface area (Å²) >= 11 is 0. The Labute approximate surface area is 96.4 Å². The number of nitrogens with zero attached hydrogens (tertiary/aromatic N) is 3. The first-order valence-electron chi connectivity index (χ1n) is 6.01. The van der Waals surface area contributed by atoms with E-state index in [9.17, 15) is 10.4 Å². The maximum Gasteiger partial charge on any atom is 0.166 e. The van der Waals surface area contributed by atoms with Crippen LogP contribution in [-0.4, -0.2) is 59.8 Å². The van der Waals surface area contributed by atoms with Gasteiger partial charge in [0.15, 0.2) is 5.60 Å². The molecule has 0 amide bonds. The Morgan fingerprint density at radius 1 is 1.00 bits per heavy atom. The van der Waals surface area contributed by atoms with Crippen molar-refractivity contribution in [3.05, 3.63) is 0 Å². The lowest BCUT2D eigenvalue weighted by molar-refractivity contribution is -0.200. The van der Waals surface area contributed by atoms with Crippen LogP contribution < -0.4 is 0 Å². The Bertz CT molecular complexity index is 335. The fourth-order valence-corrected chi connectivity index (χ4v) is 4.24. The topological polar surface area (TPSA) is 50.5 Å². The van der Waals surface area contributed by atoms with Crippen molar-refractivity contribution in [2.75, 3.05) is 39.3 Å². The molecule has 0 radical (unpaired) electrons. The lowest BCUT2D eigenvalue weighted by atomic mass is 9.55. The predicted octanol–water partition coefficient (Wildman–Crippen LogP) is -0.102. The van der Waals surface area contributed by atoms with Crippen LogP contribution in [0.15, 0.2) is 0 Å². The Morgan fingerprint density at radius 3 is 1.69 bits per heavy atom. The quantitative estimate of drug-likeness (QED) is 0.580. The number of fused-ring (bicyclic) bond motifs is 1. The molecule has 0 saturated carbocycles. The Hall–Kier alpha value is -0.630. The molecule has 0 aliphatic carbocycles. The molecule has 4 fully saturated rings. The fraction of sp³-hybridized carbons (Fsp3) is 0.917. The van der Waals surface area contributed by atoms with Crippen LogP contribution in [0.3, 0.4) is 0 Å². The van der Waals surface area contributed by atoms with E-state index < -0.39 is 5.60 Å². The van der Waals surface area contributed by atoms with Gasteiger partial charge in [-0.05, 0) is 0 Å². The molecular weight excluding hydrogens is 202 g/mol. The van der Waals surface area contributed by atoms with Crippen LogP contribution in [-0.2, 0) is 0 Å². The van der Waals surface area contributed by atoms with E-state index in [-0.39, 0.29) is 10.8 Å².